The fourth-order valence-electron chi connectivity index (χ4n) is 1.66. The maximum absolute atomic E-state index is 4.01. The van der Waals surface area contributed by atoms with E-state index < -0.39 is 0 Å². The van der Waals surface area contributed by atoms with Crippen molar-refractivity contribution in [3.05, 3.63) is 12.7 Å². The van der Waals surface area contributed by atoms with Crippen LogP contribution in [0.3, 0.4) is 0 Å². The highest BCUT2D eigenvalue weighted by Gasteiger charge is 2.23. The first-order valence-electron chi connectivity index (χ1n) is 4.14. The van der Waals surface area contributed by atoms with Gasteiger partial charge in [0.05, 0.1) is 6.04 Å². The fraction of sp³-hybridized carbons (Fsp3) is 0.429. The molecular weight excluding hydrogens is 168 g/mol. The SMILES string of the molecule is CC1Cn2cnnc2-c2nncn21. The molecule has 1 atom stereocenters. The average molecular weight is 176 g/mol. The van der Waals surface area contributed by atoms with Crippen LogP contribution in [0.5, 0.6) is 0 Å². The summed E-state index contributed by atoms with van der Waals surface area (Å²) in [4.78, 5) is 0. The van der Waals surface area contributed by atoms with Crippen molar-refractivity contribution in [2.45, 2.75) is 19.5 Å². The monoisotopic (exact) mass is 176 g/mol. The van der Waals surface area contributed by atoms with Gasteiger partial charge in [0.25, 0.3) is 0 Å². The van der Waals surface area contributed by atoms with Crippen molar-refractivity contribution in [1.29, 1.82) is 0 Å². The Balaban J connectivity index is 2.30. The van der Waals surface area contributed by atoms with Crippen molar-refractivity contribution in [2.24, 2.45) is 0 Å². The molecule has 6 heteroatoms. The van der Waals surface area contributed by atoms with Crippen LogP contribution in [0.2, 0.25) is 0 Å². The second-order valence-electron chi connectivity index (χ2n) is 3.22. The van der Waals surface area contributed by atoms with Gasteiger partial charge in [0.1, 0.15) is 12.7 Å². The topological polar surface area (TPSA) is 61.4 Å². The van der Waals surface area contributed by atoms with E-state index in [9.17, 15) is 0 Å². The Morgan fingerprint density at radius 3 is 2.92 bits per heavy atom. The summed E-state index contributed by atoms with van der Waals surface area (Å²) in [6.07, 6.45) is 3.46. The Kier molecular flexibility index (Phi) is 1.12. The number of hydrogen-bond donors (Lipinski definition) is 0. The van der Waals surface area contributed by atoms with Crippen molar-refractivity contribution in [3.63, 3.8) is 0 Å². The molecule has 1 unspecified atom stereocenters. The van der Waals surface area contributed by atoms with Gasteiger partial charge in [0.15, 0.2) is 0 Å². The molecule has 0 amide bonds. The van der Waals surface area contributed by atoms with Crippen LogP contribution >= 0.6 is 0 Å². The fourth-order valence-corrected chi connectivity index (χ4v) is 1.66. The molecule has 0 spiro atoms. The molecule has 0 radical (unpaired) electrons. The number of nitrogens with zero attached hydrogens (tertiary/aromatic N) is 6. The van der Waals surface area contributed by atoms with E-state index in [4.69, 9.17) is 0 Å². The Hall–Kier alpha value is -1.72. The molecule has 3 heterocycles. The first-order chi connectivity index (χ1) is 6.36. The summed E-state index contributed by atoms with van der Waals surface area (Å²) in [5.74, 6) is 1.60. The molecule has 0 saturated heterocycles. The largest absolute Gasteiger partial charge is 0.309 e. The lowest BCUT2D eigenvalue weighted by atomic mass is 10.2. The van der Waals surface area contributed by atoms with Gasteiger partial charge >= 0.3 is 0 Å². The zero-order valence-electron chi connectivity index (χ0n) is 7.12. The molecule has 66 valence electrons. The van der Waals surface area contributed by atoms with Gasteiger partial charge in [-0.1, -0.05) is 0 Å². The molecule has 0 aromatic carbocycles. The highest BCUT2D eigenvalue weighted by atomic mass is 15.4. The van der Waals surface area contributed by atoms with Gasteiger partial charge in [-0.2, -0.15) is 0 Å². The van der Waals surface area contributed by atoms with Crippen LogP contribution in [0, 0.1) is 0 Å². The third-order valence-corrected chi connectivity index (χ3v) is 2.32. The van der Waals surface area contributed by atoms with Crippen LogP contribution in [0.15, 0.2) is 12.7 Å². The van der Waals surface area contributed by atoms with Crippen LogP contribution in [0.1, 0.15) is 13.0 Å². The zero-order valence-corrected chi connectivity index (χ0v) is 7.12. The minimum absolute atomic E-state index is 0.369. The molecule has 1 aliphatic rings. The molecule has 3 rings (SSSR count). The molecule has 13 heavy (non-hydrogen) atoms. The van der Waals surface area contributed by atoms with Gasteiger partial charge in [-0.25, -0.2) is 0 Å². The lowest BCUT2D eigenvalue weighted by molar-refractivity contribution is 0.444. The summed E-state index contributed by atoms with van der Waals surface area (Å²) in [5.41, 5.74) is 0. The Bertz CT molecular complexity index is 441. The minimum Gasteiger partial charge on any atom is -0.309 e. The van der Waals surface area contributed by atoms with E-state index in [0.29, 0.717) is 6.04 Å². The van der Waals surface area contributed by atoms with E-state index in [1.54, 1.807) is 12.7 Å². The van der Waals surface area contributed by atoms with Gasteiger partial charge in [-0.15, -0.1) is 20.4 Å². The molecule has 2 aromatic heterocycles. The number of aromatic nitrogens is 6. The Morgan fingerprint density at radius 1 is 1.23 bits per heavy atom. The quantitative estimate of drug-likeness (QED) is 0.571. The van der Waals surface area contributed by atoms with E-state index in [2.05, 4.69) is 27.3 Å². The van der Waals surface area contributed by atoms with Crippen LogP contribution < -0.4 is 0 Å². The van der Waals surface area contributed by atoms with E-state index in [-0.39, 0.29) is 0 Å². The lowest BCUT2D eigenvalue weighted by Crippen LogP contribution is -2.20. The van der Waals surface area contributed by atoms with Gasteiger partial charge < -0.3 is 9.13 Å². The maximum Gasteiger partial charge on any atom is 0.202 e. The van der Waals surface area contributed by atoms with Crippen LogP contribution in [0.4, 0.5) is 0 Å². The summed E-state index contributed by atoms with van der Waals surface area (Å²) in [5, 5.41) is 15.7. The van der Waals surface area contributed by atoms with Crippen molar-refractivity contribution in [1.82, 2.24) is 29.5 Å². The molecule has 6 nitrogen and oxygen atoms in total. The number of hydrogen-bond acceptors (Lipinski definition) is 4. The van der Waals surface area contributed by atoms with Crippen LogP contribution in [-0.2, 0) is 6.54 Å². The van der Waals surface area contributed by atoms with Crippen molar-refractivity contribution in [3.8, 4) is 11.6 Å². The molecule has 0 bridgehead atoms. The summed E-state index contributed by atoms with van der Waals surface area (Å²) in [6.45, 7) is 3.00. The zero-order chi connectivity index (χ0) is 8.84. The van der Waals surface area contributed by atoms with Gasteiger partial charge in [-0.3, -0.25) is 0 Å². The highest BCUT2D eigenvalue weighted by Crippen LogP contribution is 2.24. The normalized spacial score (nSPS) is 19.6. The maximum atomic E-state index is 4.01. The van der Waals surface area contributed by atoms with Crippen LogP contribution in [-0.4, -0.2) is 29.5 Å². The van der Waals surface area contributed by atoms with E-state index in [1.807, 2.05) is 9.13 Å². The Labute approximate surface area is 74.2 Å². The second-order valence-corrected chi connectivity index (χ2v) is 3.22. The van der Waals surface area contributed by atoms with Crippen molar-refractivity contribution < 1.29 is 0 Å². The second kappa shape index (κ2) is 2.15. The predicted molar refractivity (Wildman–Crippen MR) is 43.7 cm³/mol. The summed E-state index contributed by atoms with van der Waals surface area (Å²) >= 11 is 0. The molecule has 0 saturated carbocycles. The highest BCUT2D eigenvalue weighted by molar-refractivity contribution is 5.44. The summed E-state index contributed by atoms with van der Waals surface area (Å²) in [7, 11) is 0. The number of fused-ring (bicyclic) bond motifs is 3. The third kappa shape index (κ3) is 0.769. The first kappa shape index (κ1) is 6.76. The number of rotatable bonds is 0. The van der Waals surface area contributed by atoms with Gasteiger partial charge in [-0.05, 0) is 6.92 Å². The van der Waals surface area contributed by atoms with Gasteiger partial charge in [0, 0.05) is 6.54 Å². The predicted octanol–water partition coefficient (Wildman–Crippen LogP) is 0.111. The summed E-state index contributed by atoms with van der Waals surface area (Å²) < 4.78 is 4.01. The van der Waals surface area contributed by atoms with E-state index in [1.165, 1.54) is 0 Å². The molecule has 0 fully saturated rings. The average Bonchev–Trinajstić information content (AvgIpc) is 2.66. The summed E-state index contributed by atoms with van der Waals surface area (Å²) in [6, 6.07) is 0.369. The molecule has 0 N–H and O–H groups in total. The Morgan fingerprint density at radius 2 is 2.00 bits per heavy atom. The smallest absolute Gasteiger partial charge is 0.202 e. The van der Waals surface area contributed by atoms with E-state index in [0.717, 1.165) is 18.2 Å². The molecule has 1 aliphatic heterocycles. The first-order valence-corrected chi connectivity index (χ1v) is 4.14. The molecule has 0 aliphatic carbocycles. The van der Waals surface area contributed by atoms with Crippen LogP contribution in [0.25, 0.3) is 11.6 Å². The van der Waals surface area contributed by atoms with Gasteiger partial charge in [0.2, 0.25) is 11.6 Å². The van der Waals surface area contributed by atoms with Crippen molar-refractivity contribution in [2.75, 3.05) is 0 Å². The minimum atomic E-state index is 0.369. The van der Waals surface area contributed by atoms with Crippen molar-refractivity contribution >= 4 is 0 Å². The van der Waals surface area contributed by atoms with E-state index >= 15 is 0 Å². The third-order valence-electron chi connectivity index (χ3n) is 2.32. The standard InChI is InChI=1S/C7H8N6/c1-5-2-12-3-8-10-6(12)7-11-9-4-13(5)7/h3-5H,2H2,1H3. The molecule has 2 aromatic rings. The lowest BCUT2D eigenvalue weighted by Gasteiger charge is -2.21. The molecular formula is C7H8N6.